The highest BCUT2D eigenvalue weighted by atomic mass is 35.5. The standard InChI is InChI=1S/C25H32Cl2N2O3/c1-4-23(25(31)28-16-18(2)3)29(17-20-21(26)12-8-13-22(20)27)24(30)14-9-15-32-19-10-6-5-7-11-19/h5-8,10-13,18,23H,4,9,14-17H2,1-3H3,(H,28,31)/t23-/m1/s1. The normalized spacial score (nSPS) is 11.8. The summed E-state index contributed by atoms with van der Waals surface area (Å²) in [6, 6.07) is 14.1. The van der Waals surface area contributed by atoms with Gasteiger partial charge in [0.05, 0.1) is 6.61 Å². The predicted octanol–water partition coefficient (Wildman–Crippen LogP) is 5.73. The molecule has 0 fully saturated rings. The first kappa shape index (κ1) is 26.0. The SMILES string of the molecule is CC[C@H](C(=O)NCC(C)C)N(Cc1c(Cl)cccc1Cl)C(=O)CCCOc1ccccc1. The molecule has 2 rings (SSSR count). The van der Waals surface area contributed by atoms with Gasteiger partial charge in [0.15, 0.2) is 0 Å². The summed E-state index contributed by atoms with van der Waals surface area (Å²) < 4.78 is 5.70. The molecule has 2 amide bonds. The zero-order chi connectivity index (χ0) is 23.5. The Labute approximate surface area is 201 Å². The topological polar surface area (TPSA) is 58.6 Å². The van der Waals surface area contributed by atoms with Gasteiger partial charge in [-0.3, -0.25) is 9.59 Å². The summed E-state index contributed by atoms with van der Waals surface area (Å²) in [6.07, 6.45) is 1.27. The van der Waals surface area contributed by atoms with Crippen LogP contribution in [0, 0.1) is 5.92 Å². The van der Waals surface area contributed by atoms with Gasteiger partial charge in [-0.1, -0.05) is 68.2 Å². The lowest BCUT2D eigenvalue weighted by atomic mass is 10.1. The molecule has 7 heteroatoms. The maximum atomic E-state index is 13.2. The Morgan fingerprint density at radius 1 is 1.03 bits per heavy atom. The summed E-state index contributed by atoms with van der Waals surface area (Å²) in [5, 5.41) is 3.89. The van der Waals surface area contributed by atoms with Crippen LogP contribution < -0.4 is 10.1 Å². The Kier molecular flexibility index (Phi) is 10.8. The molecule has 5 nitrogen and oxygen atoms in total. The minimum Gasteiger partial charge on any atom is -0.494 e. The Hall–Kier alpha value is -2.24. The number of nitrogens with one attached hydrogen (secondary N) is 1. The highest BCUT2D eigenvalue weighted by Crippen LogP contribution is 2.27. The minimum absolute atomic E-state index is 0.135. The van der Waals surface area contributed by atoms with Crippen LogP contribution in [0.1, 0.15) is 45.6 Å². The molecular formula is C25H32Cl2N2O3. The average molecular weight is 479 g/mol. The molecule has 0 heterocycles. The number of benzene rings is 2. The number of halogens is 2. The van der Waals surface area contributed by atoms with Crippen molar-refractivity contribution in [3.05, 3.63) is 64.1 Å². The van der Waals surface area contributed by atoms with Crippen molar-refractivity contribution in [3.8, 4) is 5.75 Å². The van der Waals surface area contributed by atoms with Crippen LogP contribution in [0.4, 0.5) is 0 Å². The molecule has 2 aromatic carbocycles. The first-order valence-corrected chi connectivity index (χ1v) is 11.8. The van der Waals surface area contributed by atoms with Gasteiger partial charge in [0.1, 0.15) is 11.8 Å². The highest BCUT2D eigenvalue weighted by molar-refractivity contribution is 6.36. The molecule has 1 atom stereocenters. The van der Waals surface area contributed by atoms with Crippen molar-refractivity contribution >= 4 is 35.0 Å². The second-order valence-electron chi connectivity index (χ2n) is 8.05. The maximum Gasteiger partial charge on any atom is 0.242 e. The lowest BCUT2D eigenvalue weighted by molar-refractivity contribution is -0.141. The van der Waals surface area contributed by atoms with Crippen LogP contribution in [0.2, 0.25) is 10.0 Å². The maximum absolute atomic E-state index is 13.2. The largest absolute Gasteiger partial charge is 0.494 e. The fourth-order valence-corrected chi connectivity index (χ4v) is 3.79. The summed E-state index contributed by atoms with van der Waals surface area (Å²) in [7, 11) is 0. The van der Waals surface area contributed by atoms with Crippen molar-refractivity contribution < 1.29 is 14.3 Å². The smallest absolute Gasteiger partial charge is 0.242 e. The van der Waals surface area contributed by atoms with E-state index in [1.54, 1.807) is 23.1 Å². The zero-order valence-corrected chi connectivity index (χ0v) is 20.5. The Morgan fingerprint density at radius 3 is 2.28 bits per heavy atom. The van der Waals surface area contributed by atoms with E-state index in [2.05, 4.69) is 5.32 Å². The summed E-state index contributed by atoms with van der Waals surface area (Å²) >= 11 is 12.7. The third-order valence-corrected chi connectivity index (χ3v) is 5.72. The van der Waals surface area contributed by atoms with Gasteiger partial charge >= 0.3 is 0 Å². The number of rotatable bonds is 12. The molecule has 1 N–H and O–H groups in total. The van der Waals surface area contributed by atoms with Gasteiger partial charge in [-0.15, -0.1) is 0 Å². The van der Waals surface area contributed by atoms with Crippen LogP contribution in [0.5, 0.6) is 5.75 Å². The molecule has 0 saturated carbocycles. The molecule has 0 bridgehead atoms. The Morgan fingerprint density at radius 2 is 1.69 bits per heavy atom. The van der Waals surface area contributed by atoms with E-state index in [0.29, 0.717) is 47.5 Å². The lowest BCUT2D eigenvalue weighted by Crippen LogP contribution is -2.49. The molecule has 0 unspecified atom stereocenters. The molecule has 0 spiro atoms. The van der Waals surface area contributed by atoms with Gasteiger partial charge in [-0.2, -0.15) is 0 Å². The molecule has 174 valence electrons. The van der Waals surface area contributed by atoms with Crippen molar-refractivity contribution in [2.24, 2.45) is 5.92 Å². The van der Waals surface area contributed by atoms with Crippen LogP contribution in [0.25, 0.3) is 0 Å². The van der Waals surface area contributed by atoms with Crippen molar-refractivity contribution in [2.45, 2.75) is 52.6 Å². The fraction of sp³-hybridized carbons (Fsp3) is 0.440. The quantitative estimate of drug-likeness (QED) is 0.396. The number of carbonyl (C=O) groups excluding carboxylic acids is 2. The van der Waals surface area contributed by atoms with E-state index in [1.165, 1.54) is 0 Å². The molecule has 0 aromatic heterocycles. The average Bonchev–Trinajstić information content (AvgIpc) is 2.77. The second-order valence-corrected chi connectivity index (χ2v) is 8.86. The van der Waals surface area contributed by atoms with Crippen LogP contribution in [-0.4, -0.2) is 35.9 Å². The summed E-state index contributed by atoms with van der Waals surface area (Å²) in [4.78, 5) is 27.7. The predicted molar refractivity (Wildman–Crippen MR) is 130 cm³/mol. The van der Waals surface area contributed by atoms with Gasteiger partial charge in [-0.05, 0) is 43.0 Å². The van der Waals surface area contributed by atoms with Crippen molar-refractivity contribution in [1.29, 1.82) is 0 Å². The van der Waals surface area contributed by atoms with Gasteiger partial charge < -0.3 is 15.0 Å². The molecule has 0 radical (unpaired) electrons. The highest BCUT2D eigenvalue weighted by Gasteiger charge is 2.29. The fourth-order valence-electron chi connectivity index (χ4n) is 3.27. The summed E-state index contributed by atoms with van der Waals surface area (Å²) in [6.45, 7) is 7.08. The summed E-state index contributed by atoms with van der Waals surface area (Å²) in [5.74, 6) is 0.773. The van der Waals surface area contributed by atoms with Crippen LogP contribution in [0.3, 0.4) is 0 Å². The van der Waals surface area contributed by atoms with Crippen molar-refractivity contribution in [1.82, 2.24) is 10.2 Å². The van der Waals surface area contributed by atoms with E-state index in [-0.39, 0.29) is 24.8 Å². The molecular weight excluding hydrogens is 447 g/mol. The first-order chi connectivity index (χ1) is 15.3. The van der Waals surface area contributed by atoms with Gasteiger partial charge in [0.25, 0.3) is 0 Å². The number of hydrogen-bond donors (Lipinski definition) is 1. The Balaban J connectivity index is 2.12. The molecule has 0 saturated heterocycles. The van der Waals surface area contributed by atoms with E-state index in [4.69, 9.17) is 27.9 Å². The lowest BCUT2D eigenvalue weighted by Gasteiger charge is -2.31. The van der Waals surface area contributed by atoms with Gasteiger partial charge in [0.2, 0.25) is 11.8 Å². The van der Waals surface area contributed by atoms with E-state index in [1.807, 2.05) is 51.1 Å². The van der Waals surface area contributed by atoms with Gasteiger partial charge in [-0.25, -0.2) is 0 Å². The van der Waals surface area contributed by atoms with Crippen LogP contribution in [-0.2, 0) is 16.1 Å². The van der Waals surface area contributed by atoms with Crippen molar-refractivity contribution in [2.75, 3.05) is 13.2 Å². The van der Waals surface area contributed by atoms with Crippen LogP contribution >= 0.6 is 23.2 Å². The molecule has 32 heavy (non-hydrogen) atoms. The van der Waals surface area contributed by atoms with Crippen LogP contribution in [0.15, 0.2) is 48.5 Å². The van der Waals surface area contributed by atoms with E-state index >= 15 is 0 Å². The second kappa shape index (κ2) is 13.3. The third-order valence-electron chi connectivity index (χ3n) is 5.01. The molecule has 0 aliphatic heterocycles. The monoisotopic (exact) mass is 478 g/mol. The number of hydrogen-bond acceptors (Lipinski definition) is 3. The number of amides is 2. The summed E-state index contributed by atoms with van der Waals surface area (Å²) in [5.41, 5.74) is 0.639. The minimum atomic E-state index is -0.608. The zero-order valence-electron chi connectivity index (χ0n) is 18.9. The molecule has 0 aliphatic rings. The number of carbonyl (C=O) groups is 2. The van der Waals surface area contributed by atoms with Crippen molar-refractivity contribution in [3.63, 3.8) is 0 Å². The van der Waals surface area contributed by atoms with Gasteiger partial charge in [0, 0.05) is 35.1 Å². The van der Waals surface area contributed by atoms with E-state index in [0.717, 1.165) is 5.75 Å². The molecule has 0 aliphatic carbocycles. The number of nitrogens with zero attached hydrogens (tertiary/aromatic N) is 1. The van der Waals surface area contributed by atoms with E-state index < -0.39 is 6.04 Å². The Bertz CT molecular complexity index is 854. The van der Waals surface area contributed by atoms with E-state index in [9.17, 15) is 9.59 Å². The number of para-hydroxylation sites is 1. The molecule has 2 aromatic rings. The third kappa shape index (κ3) is 8.03. The number of ether oxygens (including phenoxy) is 1. The first-order valence-electron chi connectivity index (χ1n) is 11.0.